The van der Waals surface area contributed by atoms with E-state index in [0.717, 1.165) is 4.90 Å². The molecule has 1 rings (SSSR count). The van der Waals surface area contributed by atoms with Gasteiger partial charge in [0.2, 0.25) is 10.0 Å². The maximum absolute atomic E-state index is 12.6. The van der Waals surface area contributed by atoms with Gasteiger partial charge in [0.05, 0.1) is 4.90 Å². The van der Waals surface area contributed by atoms with Crippen molar-refractivity contribution >= 4 is 21.9 Å². The third-order valence-electron chi connectivity index (χ3n) is 4.04. The highest BCUT2D eigenvalue weighted by atomic mass is 32.2. The van der Waals surface area contributed by atoms with Crippen LogP contribution in [0.15, 0.2) is 23.1 Å². The van der Waals surface area contributed by atoms with E-state index in [1.54, 1.807) is 26.8 Å². The van der Waals surface area contributed by atoms with Gasteiger partial charge < -0.3 is 10.0 Å². The Morgan fingerprint density at radius 3 is 2.21 bits per heavy atom. The van der Waals surface area contributed by atoms with Crippen LogP contribution in [-0.4, -0.2) is 60.8 Å². The molecule has 1 amide bonds. The van der Waals surface area contributed by atoms with E-state index in [4.69, 9.17) is 5.11 Å². The van der Waals surface area contributed by atoms with Gasteiger partial charge in [0, 0.05) is 25.7 Å². The lowest BCUT2D eigenvalue weighted by Crippen LogP contribution is -2.40. The zero-order valence-electron chi connectivity index (χ0n) is 14.6. The SMILES string of the molecule is CCN(CC)S(=O)(=O)c1ccc(C)c(C(=O)N(C)C(C)C(=O)O)c1. The lowest BCUT2D eigenvalue weighted by molar-refractivity contribution is -0.141. The van der Waals surface area contributed by atoms with Crippen molar-refractivity contribution in [2.75, 3.05) is 20.1 Å². The Kier molecular flexibility index (Phi) is 6.50. The molecule has 0 spiro atoms. The Morgan fingerprint density at radius 2 is 1.75 bits per heavy atom. The van der Waals surface area contributed by atoms with Gasteiger partial charge in [-0.1, -0.05) is 19.9 Å². The standard InChI is InChI=1S/C16H24N2O5S/c1-6-18(7-2)24(22,23)13-9-8-11(3)14(10-13)15(19)17(5)12(4)16(20)21/h8-10,12H,6-7H2,1-5H3,(H,20,21). The summed E-state index contributed by atoms with van der Waals surface area (Å²) in [6.07, 6.45) is 0. The van der Waals surface area contributed by atoms with Gasteiger partial charge in [-0.05, 0) is 31.5 Å². The molecular formula is C16H24N2O5S. The predicted molar refractivity (Wildman–Crippen MR) is 90.5 cm³/mol. The van der Waals surface area contributed by atoms with Gasteiger partial charge in [-0.25, -0.2) is 13.2 Å². The Labute approximate surface area is 142 Å². The first-order valence-electron chi connectivity index (χ1n) is 7.68. The zero-order chi connectivity index (χ0) is 18.7. The monoisotopic (exact) mass is 356 g/mol. The molecule has 1 unspecified atom stereocenters. The molecule has 0 fully saturated rings. The molecule has 1 aromatic rings. The molecule has 1 atom stereocenters. The van der Waals surface area contributed by atoms with Gasteiger partial charge in [-0.15, -0.1) is 0 Å². The van der Waals surface area contributed by atoms with Gasteiger partial charge in [0.25, 0.3) is 5.91 Å². The molecule has 0 aliphatic rings. The van der Waals surface area contributed by atoms with Gasteiger partial charge in [-0.3, -0.25) is 4.79 Å². The van der Waals surface area contributed by atoms with Crippen molar-refractivity contribution in [3.05, 3.63) is 29.3 Å². The molecule has 7 nitrogen and oxygen atoms in total. The van der Waals surface area contributed by atoms with Gasteiger partial charge in [0.1, 0.15) is 6.04 Å². The van der Waals surface area contributed by atoms with Crippen LogP contribution < -0.4 is 0 Å². The minimum atomic E-state index is -3.69. The molecular weight excluding hydrogens is 332 g/mol. The maximum atomic E-state index is 12.6. The summed E-state index contributed by atoms with van der Waals surface area (Å²) < 4.78 is 26.5. The first-order valence-corrected chi connectivity index (χ1v) is 9.12. The van der Waals surface area contributed by atoms with Crippen LogP contribution in [0.4, 0.5) is 0 Å². The summed E-state index contributed by atoms with van der Waals surface area (Å²) in [4.78, 5) is 24.7. The number of aliphatic carboxylic acids is 1. The van der Waals surface area contributed by atoms with E-state index in [-0.39, 0.29) is 10.5 Å². The number of rotatable bonds is 7. The summed E-state index contributed by atoms with van der Waals surface area (Å²) in [7, 11) is -2.31. The van der Waals surface area contributed by atoms with Crippen LogP contribution in [0.25, 0.3) is 0 Å². The number of nitrogens with zero attached hydrogens (tertiary/aromatic N) is 2. The van der Waals surface area contributed by atoms with Crippen LogP contribution in [0.3, 0.4) is 0 Å². The highest BCUT2D eigenvalue weighted by molar-refractivity contribution is 7.89. The van der Waals surface area contributed by atoms with Crippen molar-refractivity contribution in [2.45, 2.75) is 38.6 Å². The number of likely N-dealkylation sites (N-methyl/N-ethyl adjacent to an activating group) is 1. The molecule has 0 aliphatic carbocycles. The van der Waals surface area contributed by atoms with Crippen molar-refractivity contribution in [2.24, 2.45) is 0 Å². The largest absolute Gasteiger partial charge is 0.480 e. The van der Waals surface area contributed by atoms with Crippen molar-refractivity contribution < 1.29 is 23.1 Å². The second-order valence-electron chi connectivity index (χ2n) is 5.50. The molecule has 0 aromatic heterocycles. The van der Waals surface area contributed by atoms with Gasteiger partial charge in [0.15, 0.2) is 0 Å². The molecule has 0 aliphatic heterocycles. The summed E-state index contributed by atoms with van der Waals surface area (Å²) in [5.41, 5.74) is 0.766. The molecule has 0 heterocycles. The first-order chi connectivity index (χ1) is 11.1. The molecule has 1 N–H and O–H groups in total. The highest BCUT2D eigenvalue weighted by Crippen LogP contribution is 2.21. The number of hydrogen-bond donors (Lipinski definition) is 1. The van der Waals surface area contributed by atoms with Crippen molar-refractivity contribution in [1.82, 2.24) is 9.21 Å². The average Bonchev–Trinajstić information content (AvgIpc) is 2.53. The van der Waals surface area contributed by atoms with E-state index in [1.165, 1.54) is 30.4 Å². The topological polar surface area (TPSA) is 95.0 Å². The van der Waals surface area contributed by atoms with Crippen LogP contribution in [0, 0.1) is 6.92 Å². The summed E-state index contributed by atoms with van der Waals surface area (Å²) in [5.74, 6) is -1.66. The third kappa shape index (κ3) is 3.93. The first kappa shape index (κ1) is 20.1. The molecule has 0 bridgehead atoms. The summed E-state index contributed by atoms with van der Waals surface area (Å²) in [6.45, 7) is 7.21. The van der Waals surface area contributed by atoms with Gasteiger partial charge in [-0.2, -0.15) is 4.31 Å². The fourth-order valence-electron chi connectivity index (χ4n) is 2.24. The molecule has 0 radical (unpaired) electrons. The summed E-state index contributed by atoms with van der Waals surface area (Å²) in [5, 5.41) is 9.04. The van der Waals surface area contributed by atoms with E-state index < -0.39 is 27.9 Å². The Hall–Kier alpha value is -1.93. The van der Waals surface area contributed by atoms with E-state index in [1.807, 2.05) is 0 Å². The number of carboxylic acids is 1. The van der Waals surface area contributed by atoms with E-state index >= 15 is 0 Å². The number of amides is 1. The lowest BCUT2D eigenvalue weighted by Gasteiger charge is -2.23. The van der Waals surface area contributed by atoms with Crippen molar-refractivity contribution in [3.63, 3.8) is 0 Å². The minimum Gasteiger partial charge on any atom is -0.480 e. The molecule has 0 saturated heterocycles. The van der Waals surface area contributed by atoms with Crippen LogP contribution in [0.2, 0.25) is 0 Å². The molecule has 1 aromatic carbocycles. The third-order valence-corrected chi connectivity index (χ3v) is 6.09. The number of hydrogen-bond acceptors (Lipinski definition) is 4. The Morgan fingerprint density at radius 1 is 1.21 bits per heavy atom. The average molecular weight is 356 g/mol. The number of sulfonamides is 1. The van der Waals surface area contributed by atoms with E-state index in [0.29, 0.717) is 18.7 Å². The molecule has 0 saturated carbocycles. The minimum absolute atomic E-state index is 0.0246. The van der Waals surface area contributed by atoms with E-state index in [2.05, 4.69) is 0 Å². The predicted octanol–water partition coefficient (Wildman–Crippen LogP) is 1.57. The number of carbonyl (C=O) groups excluding carboxylic acids is 1. The van der Waals surface area contributed by atoms with E-state index in [9.17, 15) is 18.0 Å². The Bertz CT molecular complexity index is 726. The second kappa shape index (κ2) is 7.76. The second-order valence-corrected chi connectivity index (χ2v) is 7.43. The maximum Gasteiger partial charge on any atom is 0.326 e. The number of carboxylic acid groups (broad SMARTS) is 1. The quantitative estimate of drug-likeness (QED) is 0.800. The van der Waals surface area contributed by atoms with Crippen molar-refractivity contribution in [3.8, 4) is 0 Å². The molecule has 24 heavy (non-hydrogen) atoms. The lowest BCUT2D eigenvalue weighted by atomic mass is 10.1. The summed E-state index contributed by atoms with van der Waals surface area (Å²) in [6, 6.07) is 3.32. The smallest absolute Gasteiger partial charge is 0.326 e. The van der Waals surface area contributed by atoms with Crippen molar-refractivity contribution in [1.29, 1.82) is 0 Å². The normalized spacial score (nSPS) is 12.9. The molecule has 134 valence electrons. The Balaban J connectivity index is 3.33. The summed E-state index contributed by atoms with van der Waals surface area (Å²) >= 11 is 0. The number of aryl methyl sites for hydroxylation is 1. The fourth-order valence-corrected chi connectivity index (χ4v) is 3.72. The van der Waals surface area contributed by atoms with Crippen LogP contribution in [-0.2, 0) is 14.8 Å². The van der Waals surface area contributed by atoms with Gasteiger partial charge >= 0.3 is 5.97 Å². The van der Waals surface area contributed by atoms with Crippen LogP contribution in [0.1, 0.15) is 36.7 Å². The zero-order valence-corrected chi connectivity index (χ0v) is 15.4. The fraction of sp³-hybridized carbons (Fsp3) is 0.500. The number of benzene rings is 1. The highest BCUT2D eigenvalue weighted by Gasteiger charge is 2.27. The van der Waals surface area contributed by atoms with Crippen LogP contribution >= 0.6 is 0 Å². The molecule has 8 heteroatoms. The van der Waals surface area contributed by atoms with Crippen LogP contribution in [0.5, 0.6) is 0 Å². The number of carbonyl (C=O) groups is 2.